The zero-order chi connectivity index (χ0) is 9.19. The summed E-state index contributed by atoms with van der Waals surface area (Å²) < 4.78 is 29.3. The van der Waals surface area contributed by atoms with Crippen LogP contribution >= 0.6 is 12.6 Å². The minimum atomic E-state index is -3.44. The van der Waals surface area contributed by atoms with E-state index in [9.17, 15) is 8.42 Å². The summed E-state index contributed by atoms with van der Waals surface area (Å²) >= 11 is 3.94. The van der Waals surface area contributed by atoms with Crippen molar-refractivity contribution < 1.29 is 12.8 Å². The molecule has 0 aliphatic rings. The van der Waals surface area contributed by atoms with E-state index in [1.807, 2.05) is 0 Å². The molecule has 0 aliphatic carbocycles. The standard InChI is InChI=1S/C6H9NO3S2/c1-7-12(8,9)6-3-2-5(4-11)10-6/h2-3,7,11H,4H2,1H3. The molecule has 0 saturated carbocycles. The highest BCUT2D eigenvalue weighted by Crippen LogP contribution is 2.14. The van der Waals surface area contributed by atoms with Crippen LogP contribution < -0.4 is 4.72 Å². The first kappa shape index (κ1) is 9.63. The molecule has 1 aromatic rings. The largest absolute Gasteiger partial charge is 0.447 e. The SMILES string of the molecule is CNS(=O)(=O)c1ccc(CS)o1. The van der Waals surface area contributed by atoms with Crippen LogP contribution in [-0.2, 0) is 15.8 Å². The fourth-order valence-corrected chi connectivity index (χ4v) is 1.52. The molecule has 0 aromatic carbocycles. The molecule has 0 bridgehead atoms. The second-order valence-electron chi connectivity index (χ2n) is 2.09. The number of rotatable bonds is 3. The van der Waals surface area contributed by atoms with Crippen molar-refractivity contribution >= 4 is 22.7 Å². The Kier molecular flexibility index (Phi) is 2.81. The Morgan fingerprint density at radius 2 is 2.25 bits per heavy atom. The highest BCUT2D eigenvalue weighted by atomic mass is 32.2. The first-order chi connectivity index (χ1) is 5.60. The molecular formula is C6H9NO3S2. The molecule has 1 aromatic heterocycles. The first-order valence-corrected chi connectivity index (χ1v) is 5.35. The monoisotopic (exact) mass is 207 g/mol. The zero-order valence-electron chi connectivity index (χ0n) is 6.44. The van der Waals surface area contributed by atoms with Gasteiger partial charge in [0.05, 0.1) is 0 Å². The Hall–Kier alpha value is -0.460. The summed E-state index contributed by atoms with van der Waals surface area (Å²) in [7, 11) is -2.11. The Morgan fingerprint density at radius 1 is 1.58 bits per heavy atom. The van der Waals surface area contributed by atoms with Gasteiger partial charge in [-0.25, -0.2) is 13.1 Å². The summed E-state index contributed by atoms with van der Waals surface area (Å²) in [6.45, 7) is 0. The summed E-state index contributed by atoms with van der Waals surface area (Å²) in [4.78, 5) is 0. The van der Waals surface area contributed by atoms with Gasteiger partial charge in [0.15, 0.2) is 0 Å². The Labute approximate surface area is 76.4 Å². The third kappa shape index (κ3) is 1.82. The lowest BCUT2D eigenvalue weighted by Gasteiger charge is -1.95. The molecule has 0 amide bonds. The van der Waals surface area contributed by atoms with E-state index in [2.05, 4.69) is 17.4 Å². The molecule has 0 radical (unpaired) electrons. The van der Waals surface area contributed by atoms with Crippen molar-refractivity contribution in [3.8, 4) is 0 Å². The van der Waals surface area contributed by atoms with Gasteiger partial charge in [0.25, 0.3) is 10.0 Å². The molecule has 0 unspecified atom stereocenters. The molecule has 1 heterocycles. The van der Waals surface area contributed by atoms with Crippen LogP contribution in [0.15, 0.2) is 21.6 Å². The average Bonchev–Trinajstić information content (AvgIpc) is 2.52. The van der Waals surface area contributed by atoms with Crippen LogP contribution in [0, 0.1) is 0 Å². The van der Waals surface area contributed by atoms with E-state index in [0.717, 1.165) is 0 Å². The minimum Gasteiger partial charge on any atom is -0.447 e. The molecular weight excluding hydrogens is 198 g/mol. The topological polar surface area (TPSA) is 59.3 Å². The number of nitrogens with one attached hydrogen (secondary N) is 1. The highest BCUT2D eigenvalue weighted by molar-refractivity contribution is 7.89. The number of hydrogen-bond acceptors (Lipinski definition) is 4. The highest BCUT2D eigenvalue weighted by Gasteiger charge is 2.15. The van der Waals surface area contributed by atoms with Gasteiger partial charge in [-0.3, -0.25) is 0 Å². The lowest BCUT2D eigenvalue weighted by molar-refractivity contribution is 0.424. The van der Waals surface area contributed by atoms with Gasteiger partial charge >= 0.3 is 0 Å². The number of thiol groups is 1. The number of sulfonamides is 1. The fourth-order valence-electron chi connectivity index (χ4n) is 0.688. The van der Waals surface area contributed by atoms with Crippen molar-refractivity contribution in [1.29, 1.82) is 0 Å². The van der Waals surface area contributed by atoms with E-state index in [1.165, 1.54) is 13.1 Å². The van der Waals surface area contributed by atoms with E-state index in [0.29, 0.717) is 11.5 Å². The van der Waals surface area contributed by atoms with E-state index in [-0.39, 0.29) is 5.09 Å². The van der Waals surface area contributed by atoms with Gasteiger partial charge in [0.2, 0.25) is 5.09 Å². The fraction of sp³-hybridized carbons (Fsp3) is 0.333. The lowest BCUT2D eigenvalue weighted by Crippen LogP contribution is -2.17. The normalized spacial score (nSPS) is 11.8. The Balaban J connectivity index is 3.05. The van der Waals surface area contributed by atoms with E-state index in [4.69, 9.17) is 4.42 Å². The minimum absolute atomic E-state index is 0.0750. The van der Waals surface area contributed by atoms with Crippen LogP contribution in [-0.4, -0.2) is 15.5 Å². The summed E-state index contributed by atoms with van der Waals surface area (Å²) in [5.41, 5.74) is 0. The number of hydrogen-bond donors (Lipinski definition) is 2. The molecule has 0 saturated heterocycles. The molecule has 0 aliphatic heterocycles. The Bertz CT molecular complexity index is 355. The maximum Gasteiger partial charge on any atom is 0.273 e. The molecule has 68 valence electrons. The molecule has 6 heteroatoms. The predicted octanol–water partition coefficient (Wildman–Crippen LogP) is 0.617. The summed E-state index contributed by atoms with van der Waals surface area (Å²) in [6.07, 6.45) is 0. The third-order valence-electron chi connectivity index (χ3n) is 1.33. The predicted molar refractivity (Wildman–Crippen MR) is 47.6 cm³/mol. The maximum absolute atomic E-state index is 11.1. The molecule has 12 heavy (non-hydrogen) atoms. The van der Waals surface area contributed by atoms with E-state index < -0.39 is 10.0 Å². The third-order valence-corrected chi connectivity index (χ3v) is 2.92. The molecule has 1 N–H and O–H groups in total. The second-order valence-corrected chi connectivity index (χ2v) is 4.22. The smallest absolute Gasteiger partial charge is 0.273 e. The van der Waals surface area contributed by atoms with Crippen LogP contribution in [0.4, 0.5) is 0 Å². The van der Waals surface area contributed by atoms with Crippen LogP contribution in [0.1, 0.15) is 5.76 Å². The molecule has 0 fully saturated rings. The van der Waals surface area contributed by atoms with Crippen LogP contribution in [0.3, 0.4) is 0 Å². The summed E-state index contributed by atoms with van der Waals surface area (Å²) in [5, 5.41) is -0.0750. The van der Waals surface area contributed by atoms with E-state index in [1.54, 1.807) is 6.07 Å². The Morgan fingerprint density at radius 3 is 2.67 bits per heavy atom. The van der Waals surface area contributed by atoms with Crippen molar-refractivity contribution in [2.24, 2.45) is 0 Å². The first-order valence-electron chi connectivity index (χ1n) is 3.23. The van der Waals surface area contributed by atoms with Gasteiger partial charge in [-0.05, 0) is 19.2 Å². The average molecular weight is 207 g/mol. The quantitative estimate of drug-likeness (QED) is 0.714. The van der Waals surface area contributed by atoms with Gasteiger partial charge < -0.3 is 4.42 Å². The van der Waals surface area contributed by atoms with Gasteiger partial charge in [-0.15, -0.1) is 0 Å². The van der Waals surface area contributed by atoms with Crippen LogP contribution in [0.2, 0.25) is 0 Å². The molecule has 0 spiro atoms. The second kappa shape index (κ2) is 3.51. The van der Waals surface area contributed by atoms with Gasteiger partial charge in [-0.2, -0.15) is 12.6 Å². The molecule has 4 nitrogen and oxygen atoms in total. The number of furan rings is 1. The van der Waals surface area contributed by atoms with Gasteiger partial charge in [-0.1, -0.05) is 0 Å². The van der Waals surface area contributed by atoms with Crippen molar-refractivity contribution in [3.63, 3.8) is 0 Å². The van der Waals surface area contributed by atoms with Crippen molar-refractivity contribution in [2.45, 2.75) is 10.8 Å². The molecule has 1 rings (SSSR count). The van der Waals surface area contributed by atoms with Crippen molar-refractivity contribution in [2.75, 3.05) is 7.05 Å². The van der Waals surface area contributed by atoms with Crippen molar-refractivity contribution in [1.82, 2.24) is 4.72 Å². The maximum atomic E-state index is 11.1. The lowest BCUT2D eigenvalue weighted by atomic mass is 10.5. The van der Waals surface area contributed by atoms with Gasteiger partial charge in [0.1, 0.15) is 5.76 Å². The van der Waals surface area contributed by atoms with Crippen molar-refractivity contribution in [3.05, 3.63) is 17.9 Å². The molecule has 0 atom stereocenters. The van der Waals surface area contributed by atoms with Gasteiger partial charge in [0, 0.05) is 5.75 Å². The van der Waals surface area contributed by atoms with Crippen LogP contribution in [0.25, 0.3) is 0 Å². The summed E-state index contributed by atoms with van der Waals surface area (Å²) in [6, 6.07) is 2.98. The zero-order valence-corrected chi connectivity index (χ0v) is 8.15. The van der Waals surface area contributed by atoms with Crippen LogP contribution in [0.5, 0.6) is 0 Å². The van der Waals surface area contributed by atoms with E-state index >= 15 is 0 Å². The summed E-state index contributed by atoms with van der Waals surface area (Å²) in [5.74, 6) is 0.923.